The predicted molar refractivity (Wildman–Crippen MR) is 140 cm³/mol. The average Bonchev–Trinajstić information content (AvgIpc) is 3.22. The standard InChI is InChI=1S/C28H40N4O2/c1-12-13-19(26(2,3)4)14-23(31-25(33)34-11)22-15-20(27(5,6)7)16-24(30-22)32-18-21(17-29-32)28(8,9)10/h12-18H,1-11H3/b13-12-,19-14+,31-23?. The molecule has 2 heterocycles. The van der Waals surface area contributed by atoms with E-state index in [0.717, 1.165) is 16.7 Å². The summed E-state index contributed by atoms with van der Waals surface area (Å²) in [5.74, 6) is 0.673. The summed E-state index contributed by atoms with van der Waals surface area (Å²) in [6, 6.07) is 4.03. The number of carbonyl (C=O) groups excluding carboxylic acids is 1. The number of hydrogen-bond donors (Lipinski definition) is 0. The molecule has 0 bridgehead atoms. The van der Waals surface area contributed by atoms with Gasteiger partial charge in [0.2, 0.25) is 0 Å². The minimum atomic E-state index is -0.668. The number of hydrogen-bond acceptors (Lipinski definition) is 4. The van der Waals surface area contributed by atoms with Gasteiger partial charge in [0.1, 0.15) is 0 Å². The number of allylic oxidation sites excluding steroid dienone is 4. The van der Waals surface area contributed by atoms with E-state index in [-0.39, 0.29) is 16.2 Å². The zero-order chi connectivity index (χ0) is 25.9. The smallest absolute Gasteiger partial charge is 0.433 e. The lowest BCUT2D eigenvalue weighted by molar-refractivity contribution is 0.182. The van der Waals surface area contributed by atoms with Crippen molar-refractivity contribution in [3.63, 3.8) is 0 Å². The number of aromatic nitrogens is 3. The van der Waals surface area contributed by atoms with Gasteiger partial charge < -0.3 is 4.74 Å². The van der Waals surface area contributed by atoms with Crippen molar-refractivity contribution >= 4 is 11.8 Å². The van der Waals surface area contributed by atoms with Crippen molar-refractivity contribution in [3.05, 3.63) is 65.1 Å². The topological polar surface area (TPSA) is 69.4 Å². The molecular formula is C28H40N4O2. The summed E-state index contributed by atoms with van der Waals surface area (Å²) in [5.41, 5.74) is 3.91. The number of ether oxygens (including phenoxy) is 1. The molecule has 0 radical (unpaired) electrons. The Balaban J connectivity index is 2.82. The highest BCUT2D eigenvalue weighted by molar-refractivity contribution is 6.12. The lowest BCUT2D eigenvalue weighted by Crippen LogP contribution is -2.17. The van der Waals surface area contributed by atoms with E-state index in [1.54, 1.807) is 4.68 Å². The number of rotatable bonds is 4. The third kappa shape index (κ3) is 6.99. The second-order valence-electron chi connectivity index (χ2n) is 11.6. The zero-order valence-corrected chi connectivity index (χ0v) is 22.6. The molecule has 184 valence electrons. The van der Waals surface area contributed by atoms with E-state index in [9.17, 15) is 4.79 Å². The molecule has 2 rings (SSSR count). The first-order valence-corrected chi connectivity index (χ1v) is 11.7. The first-order valence-electron chi connectivity index (χ1n) is 11.7. The minimum Gasteiger partial charge on any atom is -0.451 e. The van der Waals surface area contributed by atoms with Gasteiger partial charge in [-0.3, -0.25) is 0 Å². The molecule has 0 saturated heterocycles. The number of nitrogens with zero attached hydrogens (tertiary/aromatic N) is 4. The summed E-state index contributed by atoms with van der Waals surface area (Å²) in [6.07, 6.45) is 9.14. The molecule has 0 aliphatic rings. The Bertz CT molecular complexity index is 1110. The Morgan fingerprint density at radius 3 is 2.09 bits per heavy atom. The van der Waals surface area contributed by atoms with E-state index in [0.29, 0.717) is 17.2 Å². The van der Waals surface area contributed by atoms with Gasteiger partial charge in [-0.05, 0) is 58.1 Å². The number of pyridine rings is 1. The van der Waals surface area contributed by atoms with Crippen LogP contribution in [-0.4, -0.2) is 33.7 Å². The molecule has 0 saturated carbocycles. The van der Waals surface area contributed by atoms with Gasteiger partial charge in [-0.15, -0.1) is 0 Å². The van der Waals surface area contributed by atoms with Crippen molar-refractivity contribution in [1.82, 2.24) is 14.8 Å². The maximum atomic E-state index is 12.2. The average molecular weight is 465 g/mol. The van der Waals surface area contributed by atoms with Crippen molar-refractivity contribution in [1.29, 1.82) is 0 Å². The van der Waals surface area contributed by atoms with Gasteiger partial charge in [0.15, 0.2) is 5.82 Å². The SMILES string of the molecule is C/C=C\C(=C/C(=NC(=O)OC)c1cc(C(C)(C)C)cc(-n2cc(C(C)(C)C)cn2)n1)C(C)(C)C. The molecule has 0 aliphatic carbocycles. The fourth-order valence-electron chi connectivity index (χ4n) is 3.18. The second-order valence-corrected chi connectivity index (χ2v) is 11.6. The predicted octanol–water partition coefficient (Wildman–Crippen LogP) is 6.97. The van der Waals surface area contributed by atoms with Crippen LogP contribution in [0.1, 0.15) is 86.1 Å². The third-order valence-corrected chi connectivity index (χ3v) is 5.51. The Morgan fingerprint density at radius 1 is 1.00 bits per heavy atom. The Kier molecular flexibility index (Phi) is 8.07. The zero-order valence-electron chi connectivity index (χ0n) is 22.6. The maximum absolute atomic E-state index is 12.2. The molecule has 0 unspecified atom stereocenters. The summed E-state index contributed by atoms with van der Waals surface area (Å²) in [4.78, 5) is 21.4. The highest BCUT2D eigenvalue weighted by Gasteiger charge is 2.22. The van der Waals surface area contributed by atoms with Crippen molar-refractivity contribution in [2.75, 3.05) is 7.11 Å². The molecule has 1 amide bonds. The normalized spacial score (nSPS) is 14.1. The van der Waals surface area contributed by atoms with Crippen molar-refractivity contribution in [2.45, 2.75) is 80.1 Å². The molecule has 0 fully saturated rings. The van der Waals surface area contributed by atoms with E-state index < -0.39 is 6.09 Å². The fraction of sp³-hybridized carbons (Fsp3) is 0.500. The van der Waals surface area contributed by atoms with Crippen LogP contribution in [0.4, 0.5) is 4.79 Å². The molecule has 0 aromatic carbocycles. The second kappa shape index (κ2) is 10.1. The third-order valence-electron chi connectivity index (χ3n) is 5.51. The summed E-state index contributed by atoms with van der Waals surface area (Å²) < 4.78 is 6.65. The largest absolute Gasteiger partial charge is 0.451 e. The molecule has 2 aromatic heterocycles. The fourth-order valence-corrected chi connectivity index (χ4v) is 3.18. The van der Waals surface area contributed by atoms with Crippen LogP contribution < -0.4 is 0 Å². The van der Waals surface area contributed by atoms with Crippen molar-refractivity contribution < 1.29 is 9.53 Å². The molecule has 0 spiro atoms. The van der Waals surface area contributed by atoms with Crippen molar-refractivity contribution in [3.8, 4) is 5.82 Å². The Hall–Kier alpha value is -3.02. The molecule has 0 aliphatic heterocycles. The van der Waals surface area contributed by atoms with Crippen LogP contribution in [0.2, 0.25) is 0 Å². The number of amides is 1. The highest BCUT2D eigenvalue weighted by atomic mass is 16.5. The highest BCUT2D eigenvalue weighted by Crippen LogP contribution is 2.29. The Labute approximate surface area is 204 Å². The minimum absolute atomic E-state index is 0.0307. The van der Waals surface area contributed by atoms with Crippen LogP contribution in [0.3, 0.4) is 0 Å². The van der Waals surface area contributed by atoms with Gasteiger partial charge in [-0.25, -0.2) is 14.5 Å². The van der Waals surface area contributed by atoms with E-state index in [2.05, 4.69) is 72.4 Å². The molecule has 0 atom stereocenters. The molecule has 34 heavy (non-hydrogen) atoms. The van der Waals surface area contributed by atoms with E-state index in [1.807, 2.05) is 49.7 Å². The summed E-state index contributed by atoms with van der Waals surface area (Å²) in [5, 5.41) is 4.58. The van der Waals surface area contributed by atoms with E-state index in [1.165, 1.54) is 7.11 Å². The van der Waals surface area contributed by atoms with Gasteiger partial charge >= 0.3 is 6.09 Å². The first kappa shape index (κ1) is 27.2. The van der Waals surface area contributed by atoms with Gasteiger partial charge in [0, 0.05) is 6.20 Å². The van der Waals surface area contributed by atoms with Gasteiger partial charge in [0.25, 0.3) is 0 Å². The quantitative estimate of drug-likeness (QED) is 0.362. The van der Waals surface area contributed by atoms with E-state index in [4.69, 9.17) is 9.72 Å². The lowest BCUT2D eigenvalue weighted by Gasteiger charge is -2.22. The lowest BCUT2D eigenvalue weighted by atomic mass is 9.84. The molecule has 2 aromatic rings. The van der Waals surface area contributed by atoms with Crippen LogP contribution in [0.25, 0.3) is 5.82 Å². The molecule has 0 N–H and O–H groups in total. The number of carbonyl (C=O) groups is 1. The molecule has 6 nitrogen and oxygen atoms in total. The number of aliphatic imine (C=N–C) groups is 1. The van der Waals surface area contributed by atoms with Gasteiger partial charge in [-0.2, -0.15) is 10.1 Å². The van der Waals surface area contributed by atoms with Crippen LogP contribution in [0, 0.1) is 5.41 Å². The monoisotopic (exact) mass is 464 g/mol. The van der Waals surface area contributed by atoms with E-state index >= 15 is 0 Å². The van der Waals surface area contributed by atoms with Gasteiger partial charge in [-0.1, -0.05) is 74.5 Å². The summed E-state index contributed by atoms with van der Waals surface area (Å²) in [6.45, 7) is 21.2. The van der Waals surface area contributed by atoms with Crippen LogP contribution in [-0.2, 0) is 15.6 Å². The van der Waals surface area contributed by atoms with Gasteiger partial charge in [0.05, 0.1) is 24.7 Å². The maximum Gasteiger partial charge on any atom is 0.433 e. The molecular weight excluding hydrogens is 424 g/mol. The number of methoxy groups -OCH3 is 1. The van der Waals surface area contributed by atoms with Crippen molar-refractivity contribution in [2.24, 2.45) is 10.4 Å². The van der Waals surface area contributed by atoms with Crippen LogP contribution >= 0.6 is 0 Å². The van der Waals surface area contributed by atoms with Crippen LogP contribution in [0.15, 0.2) is 53.3 Å². The first-order chi connectivity index (χ1) is 15.6. The molecule has 6 heteroatoms. The van der Waals surface area contributed by atoms with Crippen LogP contribution in [0.5, 0.6) is 0 Å². The summed E-state index contributed by atoms with van der Waals surface area (Å²) in [7, 11) is 1.33. The Morgan fingerprint density at radius 2 is 1.62 bits per heavy atom. The summed E-state index contributed by atoms with van der Waals surface area (Å²) >= 11 is 0.